The molecule has 0 aromatic carbocycles. The van der Waals surface area contributed by atoms with E-state index >= 15 is 0 Å². The molecule has 0 spiro atoms. The SMILES string of the molecule is CC1CCN(CCCNC(=O)c2ccc(Cl)nn2)CC1. The van der Waals surface area contributed by atoms with E-state index < -0.39 is 0 Å². The van der Waals surface area contributed by atoms with E-state index in [4.69, 9.17) is 11.6 Å². The maximum Gasteiger partial charge on any atom is 0.271 e. The molecule has 0 radical (unpaired) electrons. The molecule has 1 aromatic heterocycles. The lowest BCUT2D eigenvalue weighted by Crippen LogP contribution is -2.35. The van der Waals surface area contributed by atoms with E-state index in [1.165, 1.54) is 25.9 Å². The van der Waals surface area contributed by atoms with E-state index in [2.05, 4.69) is 27.3 Å². The van der Waals surface area contributed by atoms with Crippen LogP contribution in [0.25, 0.3) is 0 Å². The van der Waals surface area contributed by atoms with Gasteiger partial charge in [-0.05, 0) is 56.9 Å². The summed E-state index contributed by atoms with van der Waals surface area (Å²) >= 11 is 5.63. The number of amides is 1. The Balaban J connectivity index is 1.63. The van der Waals surface area contributed by atoms with Crippen LogP contribution in [0.4, 0.5) is 0 Å². The number of carbonyl (C=O) groups excluding carboxylic acids is 1. The first-order chi connectivity index (χ1) is 9.65. The molecule has 2 heterocycles. The molecule has 1 fully saturated rings. The van der Waals surface area contributed by atoms with Crippen LogP contribution in [0.2, 0.25) is 5.15 Å². The average Bonchev–Trinajstić information content (AvgIpc) is 2.46. The summed E-state index contributed by atoms with van der Waals surface area (Å²) in [4.78, 5) is 14.2. The molecule has 1 aliphatic heterocycles. The number of hydrogen-bond acceptors (Lipinski definition) is 4. The largest absolute Gasteiger partial charge is 0.351 e. The number of carbonyl (C=O) groups is 1. The first kappa shape index (κ1) is 15.2. The Hall–Kier alpha value is -1.20. The molecule has 0 aliphatic carbocycles. The highest BCUT2D eigenvalue weighted by Gasteiger charge is 2.15. The highest BCUT2D eigenvalue weighted by molar-refractivity contribution is 6.29. The fourth-order valence-corrected chi connectivity index (χ4v) is 2.42. The van der Waals surface area contributed by atoms with Crippen LogP contribution in [0.3, 0.4) is 0 Å². The Morgan fingerprint density at radius 2 is 2.15 bits per heavy atom. The molecule has 0 unspecified atom stereocenters. The molecule has 1 N–H and O–H groups in total. The van der Waals surface area contributed by atoms with Crippen LogP contribution < -0.4 is 5.32 Å². The smallest absolute Gasteiger partial charge is 0.271 e. The summed E-state index contributed by atoms with van der Waals surface area (Å²) < 4.78 is 0. The van der Waals surface area contributed by atoms with Gasteiger partial charge in [-0.3, -0.25) is 4.79 Å². The molecule has 5 nitrogen and oxygen atoms in total. The third-order valence-corrected chi connectivity index (χ3v) is 3.88. The number of rotatable bonds is 5. The van der Waals surface area contributed by atoms with Gasteiger partial charge in [-0.15, -0.1) is 10.2 Å². The van der Waals surface area contributed by atoms with Gasteiger partial charge in [0.25, 0.3) is 5.91 Å². The van der Waals surface area contributed by atoms with Crippen molar-refractivity contribution in [3.05, 3.63) is 23.0 Å². The molecule has 2 rings (SSSR count). The third kappa shape index (κ3) is 4.72. The van der Waals surface area contributed by atoms with Gasteiger partial charge in [0.2, 0.25) is 0 Å². The molecule has 0 bridgehead atoms. The first-order valence-electron chi connectivity index (χ1n) is 7.15. The van der Waals surface area contributed by atoms with E-state index in [9.17, 15) is 4.79 Å². The van der Waals surface area contributed by atoms with Crippen LogP contribution in [0.15, 0.2) is 12.1 Å². The van der Waals surface area contributed by atoms with Crippen molar-refractivity contribution in [1.82, 2.24) is 20.4 Å². The molecular formula is C14H21ClN4O. The summed E-state index contributed by atoms with van der Waals surface area (Å²) in [5.74, 6) is 0.663. The lowest BCUT2D eigenvalue weighted by atomic mass is 9.99. The van der Waals surface area contributed by atoms with Crippen LogP contribution in [-0.2, 0) is 0 Å². The molecule has 110 valence electrons. The normalized spacial score (nSPS) is 17.1. The molecule has 0 saturated carbocycles. The maximum absolute atomic E-state index is 11.8. The van der Waals surface area contributed by atoms with Crippen molar-refractivity contribution in [3.63, 3.8) is 0 Å². The quantitative estimate of drug-likeness (QED) is 0.844. The van der Waals surface area contributed by atoms with E-state index in [-0.39, 0.29) is 5.91 Å². The molecule has 0 atom stereocenters. The van der Waals surface area contributed by atoms with Gasteiger partial charge in [-0.25, -0.2) is 0 Å². The van der Waals surface area contributed by atoms with Crippen LogP contribution in [0, 0.1) is 5.92 Å². The molecule has 1 aromatic rings. The fraction of sp³-hybridized carbons (Fsp3) is 0.643. The molecule has 6 heteroatoms. The Morgan fingerprint density at radius 3 is 2.80 bits per heavy atom. The summed E-state index contributed by atoms with van der Waals surface area (Å²) in [6.45, 7) is 6.37. The highest BCUT2D eigenvalue weighted by atomic mass is 35.5. The summed E-state index contributed by atoms with van der Waals surface area (Å²) in [6, 6.07) is 3.15. The summed E-state index contributed by atoms with van der Waals surface area (Å²) in [5, 5.41) is 10.6. The topological polar surface area (TPSA) is 58.1 Å². The van der Waals surface area contributed by atoms with Crippen molar-refractivity contribution in [2.75, 3.05) is 26.2 Å². The Bertz CT molecular complexity index is 429. The monoisotopic (exact) mass is 296 g/mol. The zero-order valence-electron chi connectivity index (χ0n) is 11.8. The molecule has 1 aliphatic rings. The minimum absolute atomic E-state index is 0.193. The highest BCUT2D eigenvalue weighted by Crippen LogP contribution is 2.15. The van der Waals surface area contributed by atoms with Gasteiger partial charge in [0.15, 0.2) is 10.8 Å². The zero-order chi connectivity index (χ0) is 14.4. The van der Waals surface area contributed by atoms with Crippen LogP contribution in [0.5, 0.6) is 0 Å². The second-order valence-corrected chi connectivity index (χ2v) is 5.76. The van der Waals surface area contributed by atoms with Crippen molar-refractivity contribution in [3.8, 4) is 0 Å². The average molecular weight is 297 g/mol. The van der Waals surface area contributed by atoms with Gasteiger partial charge in [0.05, 0.1) is 0 Å². The molecule has 1 amide bonds. The summed E-state index contributed by atoms with van der Waals surface area (Å²) in [6.07, 6.45) is 3.53. The van der Waals surface area contributed by atoms with Crippen LogP contribution in [-0.4, -0.2) is 47.2 Å². The standard InChI is InChI=1S/C14H21ClN4O/c1-11-5-9-19(10-6-11)8-2-7-16-14(20)12-3-4-13(15)18-17-12/h3-4,11H,2,5-10H2,1H3,(H,16,20). The first-order valence-corrected chi connectivity index (χ1v) is 7.53. The van der Waals surface area contributed by atoms with Gasteiger partial charge in [0.1, 0.15) is 0 Å². The van der Waals surface area contributed by atoms with E-state index in [0.717, 1.165) is 18.9 Å². The lowest BCUT2D eigenvalue weighted by molar-refractivity contribution is 0.0944. The van der Waals surface area contributed by atoms with Crippen LogP contribution >= 0.6 is 11.6 Å². The van der Waals surface area contributed by atoms with Gasteiger partial charge in [-0.2, -0.15) is 0 Å². The number of aromatic nitrogens is 2. The minimum atomic E-state index is -0.193. The fourth-order valence-electron chi connectivity index (χ4n) is 2.32. The van der Waals surface area contributed by atoms with Crippen molar-refractivity contribution < 1.29 is 4.79 Å². The predicted octanol–water partition coefficient (Wildman–Crippen LogP) is 1.98. The van der Waals surface area contributed by atoms with Gasteiger partial charge >= 0.3 is 0 Å². The number of nitrogens with zero attached hydrogens (tertiary/aromatic N) is 3. The predicted molar refractivity (Wildman–Crippen MR) is 78.8 cm³/mol. The summed E-state index contributed by atoms with van der Waals surface area (Å²) in [7, 11) is 0. The lowest BCUT2D eigenvalue weighted by Gasteiger charge is -2.30. The second kappa shape index (κ2) is 7.55. The van der Waals surface area contributed by atoms with Crippen molar-refractivity contribution in [2.24, 2.45) is 5.92 Å². The van der Waals surface area contributed by atoms with Crippen LogP contribution in [0.1, 0.15) is 36.7 Å². The van der Waals surface area contributed by atoms with Crippen molar-refractivity contribution in [1.29, 1.82) is 0 Å². The Morgan fingerprint density at radius 1 is 1.40 bits per heavy atom. The van der Waals surface area contributed by atoms with Crippen molar-refractivity contribution in [2.45, 2.75) is 26.2 Å². The van der Waals surface area contributed by atoms with Gasteiger partial charge in [-0.1, -0.05) is 18.5 Å². The van der Waals surface area contributed by atoms with Gasteiger partial charge in [0, 0.05) is 6.54 Å². The second-order valence-electron chi connectivity index (χ2n) is 5.37. The number of piperidine rings is 1. The molecule has 1 saturated heterocycles. The Labute approximate surface area is 124 Å². The summed E-state index contributed by atoms with van der Waals surface area (Å²) in [5.41, 5.74) is 0.307. The van der Waals surface area contributed by atoms with E-state index in [1.54, 1.807) is 12.1 Å². The maximum atomic E-state index is 11.8. The molecular weight excluding hydrogens is 276 g/mol. The number of hydrogen-bond donors (Lipinski definition) is 1. The van der Waals surface area contributed by atoms with E-state index in [1.807, 2.05) is 0 Å². The number of halogens is 1. The van der Waals surface area contributed by atoms with E-state index in [0.29, 0.717) is 17.4 Å². The Kier molecular flexibility index (Phi) is 5.73. The zero-order valence-corrected chi connectivity index (χ0v) is 12.6. The third-order valence-electron chi connectivity index (χ3n) is 3.68. The minimum Gasteiger partial charge on any atom is -0.351 e. The number of likely N-dealkylation sites (tertiary alicyclic amines) is 1. The molecule has 20 heavy (non-hydrogen) atoms. The number of nitrogens with one attached hydrogen (secondary N) is 1. The van der Waals surface area contributed by atoms with Gasteiger partial charge < -0.3 is 10.2 Å². The van der Waals surface area contributed by atoms with Crippen molar-refractivity contribution >= 4 is 17.5 Å².